The number of hydrogen-bond donors (Lipinski definition) is 1. The van der Waals surface area contributed by atoms with Crippen LogP contribution in [0, 0.1) is 11.3 Å². The van der Waals surface area contributed by atoms with E-state index in [1.165, 1.54) is 19.1 Å². The molecule has 0 bridgehead atoms. The Hall–Kier alpha value is -1.91. The number of rotatable bonds is 3. The zero-order chi connectivity index (χ0) is 15.5. The number of nitrogens with one attached hydrogen (secondary N) is 1. The predicted octanol–water partition coefficient (Wildman–Crippen LogP) is 0.847. The topological polar surface area (TPSA) is 90.3 Å². The van der Waals surface area contributed by atoms with Gasteiger partial charge in [0, 0.05) is 26.1 Å². The van der Waals surface area contributed by atoms with Crippen LogP contribution in [0.3, 0.4) is 0 Å². The highest BCUT2D eigenvalue weighted by atomic mass is 32.2. The molecule has 1 heterocycles. The monoisotopic (exact) mass is 307 g/mol. The van der Waals surface area contributed by atoms with Crippen LogP contribution in [0.2, 0.25) is 0 Å². The van der Waals surface area contributed by atoms with Gasteiger partial charge in [0.25, 0.3) is 0 Å². The van der Waals surface area contributed by atoms with Gasteiger partial charge in [-0.3, -0.25) is 4.79 Å². The molecular formula is C14H17N3O3S. The van der Waals surface area contributed by atoms with Crippen molar-refractivity contribution in [1.29, 1.82) is 5.26 Å². The molecule has 0 saturated carbocycles. The SMILES string of the molecule is CC(=O)N1CCC(NS(=O)(=O)c2cccc(C#N)c2)CC1. The summed E-state index contributed by atoms with van der Waals surface area (Å²) in [5.41, 5.74) is 0.310. The minimum Gasteiger partial charge on any atom is -0.343 e. The van der Waals surface area contributed by atoms with E-state index in [0.29, 0.717) is 31.5 Å². The van der Waals surface area contributed by atoms with E-state index in [-0.39, 0.29) is 16.8 Å². The Morgan fingerprint density at radius 2 is 2.05 bits per heavy atom. The number of carbonyl (C=O) groups is 1. The summed E-state index contributed by atoms with van der Waals surface area (Å²) in [6.45, 7) is 2.62. The molecule has 21 heavy (non-hydrogen) atoms. The van der Waals surface area contributed by atoms with Gasteiger partial charge in [-0.2, -0.15) is 5.26 Å². The van der Waals surface area contributed by atoms with Crippen molar-refractivity contribution < 1.29 is 13.2 Å². The highest BCUT2D eigenvalue weighted by Gasteiger charge is 2.25. The molecule has 1 amide bonds. The normalized spacial score (nSPS) is 16.5. The molecule has 1 saturated heterocycles. The molecule has 0 spiro atoms. The Morgan fingerprint density at radius 3 is 2.62 bits per heavy atom. The third-order valence-electron chi connectivity index (χ3n) is 3.54. The second kappa shape index (κ2) is 6.24. The van der Waals surface area contributed by atoms with Gasteiger partial charge in [-0.05, 0) is 31.0 Å². The molecule has 112 valence electrons. The fourth-order valence-corrected chi connectivity index (χ4v) is 3.68. The van der Waals surface area contributed by atoms with E-state index in [1.54, 1.807) is 17.0 Å². The van der Waals surface area contributed by atoms with E-state index in [9.17, 15) is 13.2 Å². The van der Waals surface area contributed by atoms with E-state index < -0.39 is 10.0 Å². The first-order chi connectivity index (χ1) is 9.92. The van der Waals surface area contributed by atoms with E-state index in [4.69, 9.17) is 5.26 Å². The molecule has 1 N–H and O–H groups in total. The molecule has 6 nitrogen and oxygen atoms in total. The van der Waals surface area contributed by atoms with Gasteiger partial charge >= 0.3 is 0 Å². The van der Waals surface area contributed by atoms with Gasteiger partial charge in [0.15, 0.2) is 0 Å². The van der Waals surface area contributed by atoms with Crippen molar-refractivity contribution in [3.05, 3.63) is 29.8 Å². The van der Waals surface area contributed by atoms with E-state index >= 15 is 0 Å². The molecule has 1 aliphatic rings. The van der Waals surface area contributed by atoms with Crippen molar-refractivity contribution in [1.82, 2.24) is 9.62 Å². The van der Waals surface area contributed by atoms with Gasteiger partial charge in [0.05, 0.1) is 16.5 Å². The number of amides is 1. The molecule has 1 fully saturated rings. The van der Waals surface area contributed by atoms with Gasteiger partial charge in [-0.25, -0.2) is 13.1 Å². The van der Waals surface area contributed by atoms with Crippen LogP contribution in [-0.4, -0.2) is 38.4 Å². The average molecular weight is 307 g/mol. The standard InChI is InChI=1S/C14H17N3O3S/c1-11(18)17-7-5-13(6-8-17)16-21(19,20)14-4-2-3-12(9-14)10-15/h2-4,9,13,16H,5-8H2,1H3. The highest BCUT2D eigenvalue weighted by molar-refractivity contribution is 7.89. The Kier molecular flexibility index (Phi) is 4.60. The molecule has 0 aliphatic carbocycles. The number of hydrogen-bond acceptors (Lipinski definition) is 4. The van der Waals surface area contributed by atoms with Crippen molar-refractivity contribution in [3.63, 3.8) is 0 Å². The first-order valence-electron chi connectivity index (χ1n) is 6.70. The summed E-state index contributed by atoms with van der Waals surface area (Å²) >= 11 is 0. The summed E-state index contributed by atoms with van der Waals surface area (Å²) < 4.78 is 27.2. The minimum absolute atomic E-state index is 0.0121. The van der Waals surface area contributed by atoms with Gasteiger partial charge in [0.1, 0.15) is 0 Å². The lowest BCUT2D eigenvalue weighted by atomic mass is 10.1. The average Bonchev–Trinajstić information content (AvgIpc) is 2.47. The lowest BCUT2D eigenvalue weighted by Crippen LogP contribution is -2.45. The van der Waals surface area contributed by atoms with Crippen LogP contribution < -0.4 is 4.72 Å². The minimum atomic E-state index is -3.63. The summed E-state index contributed by atoms with van der Waals surface area (Å²) in [5, 5.41) is 8.83. The molecule has 2 rings (SSSR count). The molecule has 1 aromatic carbocycles. The number of nitrogens with zero attached hydrogens (tertiary/aromatic N) is 2. The maximum absolute atomic E-state index is 12.3. The first kappa shape index (κ1) is 15.5. The second-order valence-electron chi connectivity index (χ2n) is 5.04. The fraction of sp³-hybridized carbons (Fsp3) is 0.429. The third-order valence-corrected chi connectivity index (χ3v) is 5.05. The Labute approximate surface area is 124 Å². The Bertz CT molecular complexity index is 671. The van der Waals surface area contributed by atoms with Crippen LogP contribution in [0.15, 0.2) is 29.2 Å². The van der Waals surface area contributed by atoms with Crippen LogP contribution in [0.4, 0.5) is 0 Å². The number of sulfonamides is 1. The molecule has 7 heteroatoms. The molecular weight excluding hydrogens is 290 g/mol. The van der Waals surface area contributed by atoms with Gasteiger partial charge in [0.2, 0.25) is 15.9 Å². The zero-order valence-corrected chi connectivity index (χ0v) is 12.6. The van der Waals surface area contributed by atoms with Crippen molar-refractivity contribution in [2.45, 2.75) is 30.7 Å². The molecule has 0 aromatic heterocycles. The molecule has 1 aromatic rings. The highest BCUT2D eigenvalue weighted by Crippen LogP contribution is 2.16. The summed E-state index contributed by atoms with van der Waals surface area (Å²) in [6, 6.07) is 7.67. The van der Waals surface area contributed by atoms with Crippen molar-refractivity contribution >= 4 is 15.9 Å². The number of piperidine rings is 1. The van der Waals surface area contributed by atoms with Crippen molar-refractivity contribution in [2.24, 2.45) is 0 Å². The van der Waals surface area contributed by atoms with Gasteiger partial charge in [-0.1, -0.05) is 6.07 Å². The molecule has 1 aliphatic heterocycles. The van der Waals surface area contributed by atoms with Crippen LogP contribution in [0.5, 0.6) is 0 Å². The predicted molar refractivity (Wildman–Crippen MR) is 76.8 cm³/mol. The lowest BCUT2D eigenvalue weighted by Gasteiger charge is -2.31. The van der Waals surface area contributed by atoms with Crippen LogP contribution in [0.1, 0.15) is 25.3 Å². The smallest absolute Gasteiger partial charge is 0.240 e. The maximum Gasteiger partial charge on any atom is 0.240 e. The zero-order valence-electron chi connectivity index (χ0n) is 11.7. The fourth-order valence-electron chi connectivity index (χ4n) is 2.33. The quantitative estimate of drug-likeness (QED) is 0.896. The van der Waals surface area contributed by atoms with Crippen LogP contribution in [-0.2, 0) is 14.8 Å². The third kappa shape index (κ3) is 3.80. The van der Waals surface area contributed by atoms with E-state index in [1.807, 2.05) is 6.07 Å². The maximum atomic E-state index is 12.3. The summed E-state index contributed by atoms with van der Waals surface area (Å²) in [4.78, 5) is 13.0. The molecule has 0 radical (unpaired) electrons. The number of likely N-dealkylation sites (tertiary alicyclic amines) is 1. The van der Waals surface area contributed by atoms with Gasteiger partial charge < -0.3 is 4.90 Å². The Morgan fingerprint density at radius 1 is 1.38 bits per heavy atom. The second-order valence-corrected chi connectivity index (χ2v) is 6.76. The van der Waals surface area contributed by atoms with Gasteiger partial charge in [-0.15, -0.1) is 0 Å². The van der Waals surface area contributed by atoms with Crippen LogP contribution >= 0.6 is 0 Å². The molecule has 0 atom stereocenters. The summed E-state index contributed by atoms with van der Waals surface area (Å²) in [5.74, 6) is 0.0121. The number of nitriles is 1. The molecule has 0 unspecified atom stereocenters. The summed E-state index contributed by atoms with van der Waals surface area (Å²) in [6.07, 6.45) is 1.19. The summed E-state index contributed by atoms with van der Waals surface area (Å²) in [7, 11) is -3.63. The van der Waals surface area contributed by atoms with Crippen LogP contribution in [0.25, 0.3) is 0 Å². The largest absolute Gasteiger partial charge is 0.343 e. The van der Waals surface area contributed by atoms with E-state index in [2.05, 4.69) is 4.72 Å². The van der Waals surface area contributed by atoms with E-state index in [0.717, 1.165) is 0 Å². The Balaban J connectivity index is 2.05. The lowest BCUT2D eigenvalue weighted by molar-refractivity contribution is -0.129. The van der Waals surface area contributed by atoms with Crippen molar-refractivity contribution in [3.8, 4) is 6.07 Å². The first-order valence-corrected chi connectivity index (χ1v) is 8.19. The number of carbonyl (C=O) groups excluding carboxylic acids is 1. The van der Waals surface area contributed by atoms with Crippen molar-refractivity contribution in [2.75, 3.05) is 13.1 Å². The number of benzene rings is 1.